The highest BCUT2D eigenvalue weighted by molar-refractivity contribution is 5.80. The van der Waals surface area contributed by atoms with Crippen LogP contribution in [0.3, 0.4) is 0 Å². The van der Waals surface area contributed by atoms with Crippen LogP contribution in [0.4, 0.5) is 13.2 Å². The van der Waals surface area contributed by atoms with Gasteiger partial charge in [-0.3, -0.25) is 4.90 Å². The van der Waals surface area contributed by atoms with Gasteiger partial charge >= 0.3 is 6.18 Å². The van der Waals surface area contributed by atoms with E-state index >= 15 is 0 Å². The van der Waals surface area contributed by atoms with Gasteiger partial charge in [0.05, 0.1) is 13.1 Å². The highest BCUT2D eigenvalue weighted by Crippen LogP contribution is 2.20. The normalized spacial score (nSPS) is 18.3. The molecular formula is C20H32F3N5O. The summed E-state index contributed by atoms with van der Waals surface area (Å²) in [5.74, 6) is 1.40. The Kier molecular flexibility index (Phi) is 9.03. The van der Waals surface area contributed by atoms with Crippen molar-refractivity contribution in [2.75, 3.05) is 53.4 Å². The Labute approximate surface area is 171 Å². The molecule has 1 aliphatic heterocycles. The lowest BCUT2D eigenvalue weighted by atomic mass is 10.2. The molecule has 0 amide bonds. The van der Waals surface area contributed by atoms with Crippen LogP contribution in [0.5, 0.6) is 5.75 Å². The summed E-state index contributed by atoms with van der Waals surface area (Å²) in [6.07, 6.45) is -3.51. The number of hydrogen-bond donors (Lipinski definition) is 2. The van der Waals surface area contributed by atoms with Crippen molar-refractivity contribution in [1.29, 1.82) is 0 Å². The first-order valence-electron chi connectivity index (χ1n) is 9.96. The Morgan fingerprint density at radius 2 is 2.07 bits per heavy atom. The number of alkyl halides is 3. The Morgan fingerprint density at radius 3 is 2.76 bits per heavy atom. The number of ether oxygens (including phenoxy) is 1. The average Bonchev–Trinajstić information content (AvgIpc) is 3.05. The van der Waals surface area contributed by atoms with Gasteiger partial charge in [-0.1, -0.05) is 18.2 Å². The fraction of sp³-hybridized carbons (Fsp3) is 0.650. The monoisotopic (exact) mass is 415 g/mol. The standard InChI is InChI=1S/C20H32F3N5O/c1-4-24-19(26-17-9-10-28(14-17)15-20(21,22)23)25-13-16-7-5-6-8-18(16)29-12-11-27(2)3/h5-8,17H,4,9-15H2,1-3H3,(H2,24,25,26). The van der Waals surface area contributed by atoms with Gasteiger partial charge < -0.3 is 20.3 Å². The first-order valence-corrected chi connectivity index (χ1v) is 9.96. The zero-order chi connectivity index (χ0) is 21.3. The molecule has 0 bridgehead atoms. The maximum absolute atomic E-state index is 12.6. The van der Waals surface area contributed by atoms with Crippen LogP contribution >= 0.6 is 0 Å². The van der Waals surface area contributed by atoms with Crippen LogP contribution < -0.4 is 15.4 Å². The third-order valence-corrected chi connectivity index (χ3v) is 4.54. The van der Waals surface area contributed by atoms with Gasteiger partial charge in [-0.15, -0.1) is 0 Å². The summed E-state index contributed by atoms with van der Waals surface area (Å²) in [5, 5.41) is 6.43. The van der Waals surface area contributed by atoms with E-state index in [2.05, 4.69) is 20.5 Å². The number of hydrogen-bond acceptors (Lipinski definition) is 4. The van der Waals surface area contributed by atoms with E-state index in [1.54, 1.807) is 0 Å². The molecule has 1 atom stereocenters. The molecule has 1 fully saturated rings. The van der Waals surface area contributed by atoms with Crippen LogP contribution in [0, 0.1) is 0 Å². The van der Waals surface area contributed by atoms with E-state index in [0.717, 1.165) is 17.9 Å². The molecule has 0 aromatic heterocycles. The highest BCUT2D eigenvalue weighted by atomic mass is 19.4. The SMILES string of the molecule is CCNC(=NCc1ccccc1OCCN(C)C)NC1CCN(CC(F)(F)F)C1. The molecule has 1 aromatic rings. The number of likely N-dealkylation sites (tertiary alicyclic amines) is 1. The lowest BCUT2D eigenvalue weighted by Crippen LogP contribution is -2.45. The van der Waals surface area contributed by atoms with Crippen molar-refractivity contribution in [3.63, 3.8) is 0 Å². The minimum absolute atomic E-state index is 0.0539. The quantitative estimate of drug-likeness (QED) is 0.479. The molecule has 1 saturated heterocycles. The van der Waals surface area contributed by atoms with Gasteiger partial charge in [0.1, 0.15) is 12.4 Å². The summed E-state index contributed by atoms with van der Waals surface area (Å²) >= 11 is 0. The molecule has 1 aromatic carbocycles. The smallest absolute Gasteiger partial charge is 0.401 e. The van der Waals surface area contributed by atoms with Crippen molar-refractivity contribution in [3.05, 3.63) is 29.8 Å². The zero-order valence-corrected chi connectivity index (χ0v) is 17.4. The minimum Gasteiger partial charge on any atom is -0.492 e. The second-order valence-corrected chi connectivity index (χ2v) is 7.43. The third kappa shape index (κ3) is 8.91. The Bertz CT molecular complexity index is 651. The molecule has 2 rings (SSSR count). The van der Waals surface area contributed by atoms with Gasteiger partial charge in [0, 0.05) is 37.8 Å². The van der Waals surface area contributed by atoms with E-state index in [1.807, 2.05) is 45.3 Å². The molecule has 6 nitrogen and oxygen atoms in total. The van der Waals surface area contributed by atoms with E-state index in [4.69, 9.17) is 4.74 Å². The highest BCUT2D eigenvalue weighted by Gasteiger charge is 2.34. The fourth-order valence-corrected chi connectivity index (χ4v) is 3.14. The van der Waals surface area contributed by atoms with Crippen molar-refractivity contribution >= 4 is 5.96 Å². The van der Waals surface area contributed by atoms with E-state index in [1.165, 1.54) is 4.90 Å². The first kappa shape index (κ1) is 23.3. The number of nitrogens with one attached hydrogen (secondary N) is 2. The minimum atomic E-state index is -4.16. The van der Waals surface area contributed by atoms with Crippen LogP contribution in [0.15, 0.2) is 29.3 Å². The van der Waals surface area contributed by atoms with Crippen molar-refractivity contribution in [3.8, 4) is 5.75 Å². The van der Waals surface area contributed by atoms with Crippen molar-refractivity contribution in [1.82, 2.24) is 20.4 Å². The Hall–Kier alpha value is -2.00. The third-order valence-electron chi connectivity index (χ3n) is 4.54. The van der Waals surface area contributed by atoms with Gasteiger partial charge in [-0.25, -0.2) is 4.99 Å². The van der Waals surface area contributed by atoms with Gasteiger partial charge in [-0.05, 0) is 33.5 Å². The molecular weight excluding hydrogens is 383 g/mol. The molecule has 9 heteroatoms. The number of para-hydroxylation sites is 1. The predicted octanol–water partition coefficient (Wildman–Crippen LogP) is 2.32. The fourth-order valence-electron chi connectivity index (χ4n) is 3.14. The zero-order valence-electron chi connectivity index (χ0n) is 17.4. The summed E-state index contributed by atoms with van der Waals surface area (Å²) in [7, 11) is 3.99. The molecule has 0 radical (unpaired) electrons. The predicted molar refractivity (Wildman–Crippen MR) is 109 cm³/mol. The first-order chi connectivity index (χ1) is 13.8. The van der Waals surface area contributed by atoms with Crippen molar-refractivity contribution in [2.24, 2.45) is 4.99 Å². The lowest BCUT2D eigenvalue weighted by Gasteiger charge is -2.20. The molecule has 1 aliphatic rings. The molecule has 2 N–H and O–H groups in total. The second-order valence-electron chi connectivity index (χ2n) is 7.43. The van der Waals surface area contributed by atoms with Crippen molar-refractivity contribution < 1.29 is 17.9 Å². The van der Waals surface area contributed by atoms with E-state index in [-0.39, 0.29) is 6.04 Å². The summed E-state index contributed by atoms with van der Waals surface area (Å²) in [6, 6.07) is 7.71. The molecule has 29 heavy (non-hydrogen) atoms. The Morgan fingerprint density at radius 1 is 1.31 bits per heavy atom. The largest absolute Gasteiger partial charge is 0.492 e. The average molecular weight is 416 g/mol. The van der Waals surface area contributed by atoms with Crippen LogP contribution in [0.1, 0.15) is 18.9 Å². The summed E-state index contributed by atoms with van der Waals surface area (Å²) in [5.41, 5.74) is 0.966. The van der Waals surface area contributed by atoms with Crippen LogP contribution in [-0.4, -0.2) is 81.4 Å². The van der Waals surface area contributed by atoms with Gasteiger partial charge in [0.2, 0.25) is 0 Å². The number of nitrogens with zero attached hydrogens (tertiary/aromatic N) is 3. The molecule has 0 aliphatic carbocycles. The second kappa shape index (κ2) is 11.3. The number of guanidine groups is 1. The number of halogens is 3. The van der Waals surface area contributed by atoms with Gasteiger partial charge in [0.15, 0.2) is 5.96 Å². The van der Waals surface area contributed by atoms with Gasteiger partial charge in [0.25, 0.3) is 0 Å². The van der Waals surface area contributed by atoms with Gasteiger partial charge in [-0.2, -0.15) is 13.2 Å². The maximum atomic E-state index is 12.6. The Balaban J connectivity index is 1.94. The maximum Gasteiger partial charge on any atom is 0.401 e. The lowest BCUT2D eigenvalue weighted by molar-refractivity contribution is -0.143. The topological polar surface area (TPSA) is 52.1 Å². The van der Waals surface area contributed by atoms with Crippen LogP contribution in [-0.2, 0) is 6.54 Å². The van der Waals surface area contributed by atoms with E-state index in [0.29, 0.717) is 45.2 Å². The van der Waals surface area contributed by atoms with E-state index < -0.39 is 12.7 Å². The van der Waals surface area contributed by atoms with Crippen LogP contribution in [0.2, 0.25) is 0 Å². The number of rotatable bonds is 9. The molecule has 1 unspecified atom stereocenters. The molecule has 1 heterocycles. The summed E-state index contributed by atoms with van der Waals surface area (Å²) in [4.78, 5) is 8.09. The van der Waals surface area contributed by atoms with Crippen LogP contribution in [0.25, 0.3) is 0 Å². The number of aliphatic imine (C=N–C) groups is 1. The molecule has 0 spiro atoms. The number of likely N-dealkylation sites (N-methyl/N-ethyl adjacent to an activating group) is 1. The summed E-state index contributed by atoms with van der Waals surface area (Å²) in [6.45, 7) is 4.38. The summed E-state index contributed by atoms with van der Waals surface area (Å²) < 4.78 is 43.6. The molecule has 0 saturated carbocycles. The number of benzene rings is 1. The van der Waals surface area contributed by atoms with Crippen molar-refractivity contribution in [2.45, 2.75) is 32.1 Å². The molecule has 164 valence electrons. The van der Waals surface area contributed by atoms with E-state index in [9.17, 15) is 13.2 Å².